The van der Waals surface area contributed by atoms with Crippen molar-refractivity contribution in [3.05, 3.63) is 78.4 Å². The van der Waals surface area contributed by atoms with E-state index in [1.165, 1.54) is 10.8 Å². The third kappa shape index (κ3) is 2.21. The van der Waals surface area contributed by atoms with Gasteiger partial charge < -0.3 is 15.7 Å². The lowest BCUT2D eigenvalue weighted by atomic mass is 9.99. The van der Waals surface area contributed by atoms with Crippen LogP contribution in [0.5, 0.6) is 5.75 Å². The second-order valence-electron chi connectivity index (χ2n) is 5.78. The number of phenols is 1. The Morgan fingerprint density at radius 3 is 2.26 bits per heavy atom. The number of benzene rings is 3. The second kappa shape index (κ2) is 5.36. The maximum absolute atomic E-state index is 10.6. The molecule has 1 aliphatic heterocycles. The summed E-state index contributed by atoms with van der Waals surface area (Å²) < 4.78 is 0. The lowest BCUT2D eigenvalue weighted by molar-refractivity contribution is 0.460. The number of nitrogens with one attached hydrogen (secondary N) is 2. The Labute approximate surface area is 135 Å². The third-order valence-corrected chi connectivity index (χ3v) is 4.33. The van der Waals surface area contributed by atoms with Crippen LogP contribution < -0.4 is 10.6 Å². The molecule has 0 amide bonds. The van der Waals surface area contributed by atoms with Gasteiger partial charge in [0.1, 0.15) is 11.9 Å². The average molecular weight is 302 g/mol. The molecule has 3 nitrogen and oxygen atoms in total. The molecule has 3 heteroatoms. The van der Waals surface area contributed by atoms with Crippen molar-refractivity contribution < 1.29 is 5.11 Å². The van der Waals surface area contributed by atoms with Crippen molar-refractivity contribution in [3.8, 4) is 5.75 Å². The highest BCUT2D eigenvalue weighted by molar-refractivity contribution is 6.04. The topological polar surface area (TPSA) is 44.3 Å². The van der Waals surface area contributed by atoms with Crippen molar-refractivity contribution in [2.75, 3.05) is 10.6 Å². The van der Waals surface area contributed by atoms with Crippen LogP contribution in [0.15, 0.2) is 67.3 Å². The van der Waals surface area contributed by atoms with Crippen molar-refractivity contribution in [2.45, 2.75) is 12.6 Å². The van der Waals surface area contributed by atoms with E-state index in [2.05, 4.69) is 41.5 Å². The Balaban J connectivity index is 1.79. The van der Waals surface area contributed by atoms with E-state index >= 15 is 0 Å². The molecular formula is C20H18N2O. The van der Waals surface area contributed by atoms with E-state index in [0.29, 0.717) is 12.2 Å². The van der Waals surface area contributed by atoms with Gasteiger partial charge in [-0.05, 0) is 29.5 Å². The molecule has 0 saturated carbocycles. The van der Waals surface area contributed by atoms with Gasteiger partial charge in [0.2, 0.25) is 0 Å². The predicted octanol–water partition coefficient (Wildman–Crippen LogP) is 4.81. The summed E-state index contributed by atoms with van der Waals surface area (Å²) in [6.07, 6.45) is 2.29. The Hall–Kier alpha value is -2.94. The van der Waals surface area contributed by atoms with Gasteiger partial charge in [-0.1, -0.05) is 48.5 Å². The number of anilines is 2. The fourth-order valence-corrected chi connectivity index (χ4v) is 3.25. The van der Waals surface area contributed by atoms with E-state index in [1.54, 1.807) is 6.08 Å². The molecular weight excluding hydrogens is 284 g/mol. The first-order valence-electron chi connectivity index (χ1n) is 7.74. The van der Waals surface area contributed by atoms with Crippen molar-refractivity contribution in [2.24, 2.45) is 0 Å². The number of aromatic hydroxyl groups is 1. The van der Waals surface area contributed by atoms with Crippen LogP contribution in [0.25, 0.3) is 10.8 Å². The van der Waals surface area contributed by atoms with Crippen molar-refractivity contribution in [3.63, 3.8) is 0 Å². The first-order valence-corrected chi connectivity index (χ1v) is 7.74. The summed E-state index contributed by atoms with van der Waals surface area (Å²) in [6, 6.07) is 18.3. The summed E-state index contributed by atoms with van der Waals surface area (Å²) >= 11 is 0. The average Bonchev–Trinajstić information content (AvgIpc) is 2.57. The van der Waals surface area contributed by atoms with Crippen LogP contribution >= 0.6 is 0 Å². The van der Waals surface area contributed by atoms with Crippen LogP contribution in [0.2, 0.25) is 0 Å². The van der Waals surface area contributed by atoms with E-state index in [0.717, 1.165) is 22.5 Å². The maximum atomic E-state index is 10.6. The Morgan fingerprint density at radius 1 is 0.957 bits per heavy atom. The molecule has 3 aromatic carbocycles. The Kier molecular flexibility index (Phi) is 3.19. The van der Waals surface area contributed by atoms with Gasteiger partial charge in [0.25, 0.3) is 0 Å². The van der Waals surface area contributed by atoms with E-state index in [-0.39, 0.29) is 6.17 Å². The molecule has 3 N–H and O–H groups in total. The van der Waals surface area contributed by atoms with E-state index in [9.17, 15) is 5.11 Å². The molecule has 1 heterocycles. The molecule has 0 aromatic heterocycles. The van der Waals surface area contributed by atoms with Gasteiger partial charge in [-0.3, -0.25) is 0 Å². The van der Waals surface area contributed by atoms with Gasteiger partial charge >= 0.3 is 0 Å². The molecule has 0 fully saturated rings. The fraction of sp³-hybridized carbons (Fsp3) is 0.100. The molecule has 3 aromatic rings. The highest BCUT2D eigenvalue weighted by Gasteiger charge is 2.23. The molecule has 0 radical (unpaired) electrons. The predicted molar refractivity (Wildman–Crippen MR) is 95.9 cm³/mol. The van der Waals surface area contributed by atoms with Gasteiger partial charge in [0.15, 0.2) is 0 Å². The van der Waals surface area contributed by atoms with Crippen LogP contribution in [-0.2, 0) is 6.42 Å². The van der Waals surface area contributed by atoms with Crippen LogP contribution in [0.1, 0.15) is 17.3 Å². The smallest absolute Gasteiger partial charge is 0.127 e. The van der Waals surface area contributed by atoms with E-state index in [1.807, 2.05) is 30.3 Å². The molecule has 4 rings (SSSR count). The lowest BCUT2D eigenvalue weighted by Crippen LogP contribution is -2.23. The normalized spacial score (nSPS) is 13.4. The minimum absolute atomic E-state index is 0.166. The SMILES string of the molecule is C=CCc1cccc(C2Nc3cccc4cccc(c34)N2)c1O. The highest BCUT2D eigenvalue weighted by Crippen LogP contribution is 2.40. The van der Waals surface area contributed by atoms with Crippen molar-refractivity contribution in [1.29, 1.82) is 0 Å². The van der Waals surface area contributed by atoms with Crippen molar-refractivity contribution >= 4 is 22.1 Å². The molecule has 0 bridgehead atoms. The quantitative estimate of drug-likeness (QED) is 0.608. The van der Waals surface area contributed by atoms with Crippen LogP contribution in [0.4, 0.5) is 11.4 Å². The van der Waals surface area contributed by atoms with Crippen LogP contribution in [0.3, 0.4) is 0 Å². The lowest BCUT2D eigenvalue weighted by Gasteiger charge is -2.30. The number of para-hydroxylation sites is 1. The van der Waals surface area contributed by atoms with Gasteiger partial charge in [0.05, 0.1) is 0 Å². The van der Waals surface area contributed by atoms with Gasteiger partial charge in [-0.15, -0.1) is 6.58 Å². The first kappa shape index (κ1) is 13.7. The fourth-order valence-electron chi connectivity index (χ4n) is 3.25. The van der Waals surface area contributed by atoms with E-state index < -0.39 is 0 Å². The number of hydrogen-bond donors (Lipinski definition) is 3. The summed E-state index contributed by atoms with van der Waals surface area (Å²) in [5.41, 5.74) is 3.89. The Bertz CT molecular complexity index is 861. The van der Waals surface area contributed by atoms with Gasteiger partial charge in [0, 0.05) is 22.3 Å². The highest BCUT2D eigenvalue weighted by atomic mass is 16.3. The summed E-state index contributed by atoms with van der Waals surface area (Å²) in [7, 11) is 0. The molecule has 1 aliphatic rings. The monoisotopic (exact) mass is 302 g/mol. The first-order chi connectivity index (χ1) is 11.3. The minimum atomic E-state index is -0.166. The maximum Gasteiger partial charge on any atom is 0.127 e. The summed E-state index contributed by atoms with van der Waals surface area (Å²) in [5.74, 6) is 0.323. The number of phenolic OH excluding ortho intramolecular Hbond substituents is 1. The van der Waals surface area contributed by atoms with E-state index in [4.69, 9.17) is 0 Å². The molecule has 0 aliphatic carbocycles. The van der Waals surface area contributed by atoms with Crippen LogP contribution in [-0.4, -0.2) is 5.11 Å². The summed E-state index contributed by atoms with van der Waals surface area (Å²) in [6.45, 7) is 3.75. The summed E-state index contributed by atoms with van der Waals surface area (Å²) in [4.78, 5) is 0. The zero-order valence-corrected chi connectivity index (χ0v) is 12.7. The number of hydrogen-bond acceptors (Lipinski definition) is 3. The standard InChI is InChI=1S/C20H18N2O/c1-2-6-14-9-3-10-15(19(14)23)20-21-16-11-4-7-13-8-5-12-17(22-20)18(13)16/h2-5,7-12,20-23H,1,6H2. The molecule has 0 atom stereocenters. The van der Waals surface area contributed by atoms with Crippen molar-refractivity contribution in [1.82, 2.24) is 0 Å². The molecule has 0 unspecified atom stereocenters. The largest absolute Gasteiger partial charge is 0.507 e. The Morgan fingerprint density at radius 2 is 1.61 bits per heavy atom. The zero-order valence-electron chi connectivity index (χ0n) is 12.7. The van der Waals surface area contributed by atoms with Crippen LogP contribution in [0, 0.1) is 0 Å². The van der Waals surface area contributed by atoms with Gasteiger partial charge in [-0.2, -0.15) is 0 Å². The summed E-state index contributed by atoms with van der Waals surface area (Å²) in [5, 5.41) is 20.0. The molecule has 0 spiro atoms. The number of allylic oxidation sites excluding steroid dienone is 1. The molecule has 23 heavy (non-hydrogen) atoms. The number of rotatable bonds is 3. The third-order valence-electron chi connectivity index (χ3n) is 4.33. The second-order valence-corrected chi connectivity index (χ2v) is 5.78. The van der Waals surface area contributed by atoms with Gasteiger partial charge in [-0.25, -0.2) is 0 Å². The zero-order chi connectivity index (χ0) is 15.8. The molecule has 114 valence electrons. The minimum Gasteiger partial charge on any atom is -0.507 e. The molecule has 0 saturated heterocycles.